The molecule has 1 N–H and O–H groups in total. The Morgan fingerprint density at radius 3 is 2.89 bits per heavy atom. The first-order chi connectivity index (χ1) is 8.56. The van der Waals surface area contributed by atoms with Crippen LogP contribution >= 0.6 is 15.9 Å². The lowest BCUT2D eigenvalue weighted by Crippen LogP contribution is -2.25. The van der Waals surface area contributed by atoms with E-state index in [1.807, 2.05) is 13.0 Å². The molecule has 0 amide bonds. The Balaban J connectivity index is 1.91. The number of nitrogens with one attached hydrogen (secondary N) is 1. The van der Waals surface area contributed by atoms with Crippen molar-refractivity contribution in [3.8, 4) is 0 Å². The number of rotatable bonds is 4. The lowest BCUT2D eigenvalue weighted by atomic mass is 10.0. The molecule has 0 radical (unpaired) electrons. The summed E-state index contributed by atoms with van der Waals surface area (Å²) in [6.07, 6.45) is 3.95. The summed E-state index contributed by atoms with van der Waals surface area (Å²) in [6, 6.07) is 5.20. The van der Waals surface area contributed by atoms with Crippen molar-refractivity contribution >= 4 is 15.9 Å². The third-order valence-electron chi connectivity index (χ3n) is 3.94. The average molecular weight is 314 g/mol. The minimum Gasteiger partial charge on any atom is -0.310 e. The molecule has 1 saturated carbocycles. The molecule has 1 aliphatic rings. The molecule has 2 rings (SSSR count). The molecule has 0 heterocycles. The summed E-state index contributed by atoms with van der Waals surface area (Å²) in [6.45, 7) is 5.35. The second-order valence-corrected chi connectivity index (χ2v) is 6.50. The van der Waals surface area contributed by atoms with E-state index in [-0.39, 0.29) is 11.9 Å². The van der Waals surface area contributed by atoms with E-state index in [0.717, 1.165) is 28.4 Å². The second kappa shape index (κ2) is 6.16. The topological polar surface area (TPSA) is 12.0 Å². The fraction of sp³-hybridized carbons (Fsp3) is 0.600. The van der Waals surface area contributed by atoms with Gasteiger partial charge in [0, 0.05) is 16.1 Å². The molecule has 0 bridgehead atoms. The van der Waals surface area contributed by atoms with Crippen LogP contribution < -0.4 is 5.32 Å². The Kier molecular flexibility index (Phi) is 4.79. The number of hydrogen-bond acceptors (Lipinski definition) is 1. The fourth-order valence-corrected chi connectivity index (χ4v) is 3.19. The number of benzene rings is 1. The van der Waals surface area contributed by atoms with Gasteiger partial charge in [0.1, 0.15) is 5.82 Å². The minimum atomic E-state index is -0.127. The third-order valence-corrected chi connectivity index (χ3v) is 4.43. The maximum Gasteiger partial charge on any atom is 0.128 e. The summed E-state index contributed by atoms with van der Waals surface area (Å²) in [5.41, 5.74) is 0.746. The van der Waals surface area contributed by atoms with Crippen LogP contribution in [0.15, 0.2) is 22.7 Å². The first-order valence-electron chi connectivity index (χ1n) is 6.74. The van der Waals surface area contributed by atoms with Gasteiger partial charge in [-0.05, 0) is 56.3 Å². The molecule has 1 nitrogen and oxygen atoms in total. The van der Waals surface area contributed by atoms with Crippen LogP contribution in [0.1, 0.15) is 44.7 Å². The Morgan fingerprint density at radius 1 is 1.44 bits per heavy atom. The van der Waals surface area contributed by atoms with Gasteiger partial charge in [0.05, 0.1) is 0 Å². The highest BCUT2D eigenvalue weighted by molar-refractivity contribution is 9.10. The predicted molar refractivity (Wildman–Crippen MR) is 77.0 cm³/mol. The maximum absolute atomic E-state index is 13.7. The van der Waals surface area contributed by atoms with E-state index in [4.69, 9.17) is 0 Å². The van der Waals surface area contributed by atoms with E-state index in [9.17, 15) is 4.39 Å². The molecular formula is C15H21BrFN. The van der Waals surface area contributed by atoms with Gasteiger partial charge in [0.15, 0.2) is 0 Å². The Morgan fingerprint density at radius 2 is 2.22 bits per heavy atom. The van der Waals surface area contributed by atoms with Crippen LogP contribution in [0.25, 0.3) is 0 Å². The van der Waals surface area contributed by atoms with E-state index in [1.165, 1.54) is 25.3 Å². The molecule has 1 aliphatic carbocycles. The summed E-state index contributed by atoms with van der Waals surface area (Å²) >= 11 is 3.40. The Labute approximate surface area is 117 Å². The van der Waals surface area contributed by atoms with Gasteiger partial charge in [-0.25, -0.2) is 4.39 Å². The van der Waals surface area contributed by atoms with Crippen molar-refractivity contribution in [3.05, 3.63) is 34.1 Å². The van der Waals surface area contributed by atoms with Crippen LogP contribution in [0.2, 0.25) is 0 Å². The van der Waals surface area contributed by atoms with Crippen molar-refractivity contribution in [3.63, 3.8) is 0 Å². The van der Waals surface area contributed by atoms with Gasteiger partial charge in [0.2, 0.25) is 0 Å². The standard InChI is InChI=1S/C15H21BrFN/c1-10-3-4-12(7-10)9-18-11(2)14-8-13(16)5-6-15(14)17/h5-6,8,10-12,18H,3-4,7,9H2,1-2H3. The average Bonchev–Trinajstić information content (AvgIpc) is 2.75. The summed E-state index contributed by atoms with van der Waals surface area (Å²) in [4.78, 5) is 0. The van der Waals surface area contributed by atoms with Gasteiger partial charge in [0.25, 0.3) is 0 Å². The van der Waals surface area contributed by atoms with Crippen molar-refractivity contribution in [1.29, 1.82) is 0 Å². The zero-order valence-electron chi connectivity index (χ0n) is 11.0. The lowest BCUT2D eigenvalue weighted by Gasteiger charge is -2.18. The van der Waals surface area contributed by atoms with Gasteiger partial charge in [-0.15, -0.1) is 0 Å². The van der Waals surface area contributed by atoms with Crippen LogP contribution in [0.4, 0.5) is 4.39 Å². The Bertz CT molecular complexity index is 407. The van der Waals surface area contributed by atoms with E-state index in [0.29, 0.717) is 0 Å². The van der Waals surface area contributed by atoms with Gasteiger partial charge < -0.3 is 5.32 Å². The molecule has 0 saturated heterocycles. The van der Waals surface area contributed by atoms with Crippen LogP contribution in [-0.4, -0.2) is 6.54 Å². The molecule has 3 heteroatoms. The molecule has 0 spiro atoms. The minimum absolute atomic E-state index is 0.0680. The van der Waals surface area contributed by atoms with Crippen molar-refractivity contribution in [2.24, 2.45) is 11.8 Å². The monoisotopic (exact) mass is 313 g/mol. The van der Waals surface area contributed by atoms with E-state index >= 15 is 0 Å². The largest absolute Gasteiger partial charge is 0.310 e. The molecule has 1 aromatic carbocycles. The quantitative estimate of drug-likeness (QED) is 0.851. The van der Waals surface area contributed by atoms with Gasteiger partial charge in [-0.3, -0.25) is 0 Å². The zero-order valence-corrected chi connectivity index (χ0v) is 12.6. The molecule has 3 atom stereocenters. The van der Waals surface area contributed by atoms with E-state index in [2.05, 4.69) is 28.2 Å². The summed E-state index contributed by atoms with van der Waals surface area (Å²) in [5.74, 6) is 1.49. The van der Waals surface area contributed by atoms with E-state index in [1.54, 1.807) is 6.07 Å². The molecular weight excluding hydrogens is 293 g/mol. The first-order valence-corrected chi connectivity index (χ1v) is 7.54. The molecule has 100 valence electrons. The fourth-order valence-electron chi connectivity index (χ4n) is 2.81. The van der Waals surface area contributed by atoms with Crippen molar-refractivity contribution < 1.29 is 4.39 Å². The smallest absolute Gasteiger partial charge is 0.128 e. The summed E-state index contributed by atoms with van der Waals surface area (Å²) in [7, 11) is 0. The molecule has 0 aliphatic heterocycles. The highest BCUT2D eigenvalue weighted by atomic mass is 79.9. The van der Waals surface area contributed by atoms with Crippen LogP contribution in [0, 0.1) is 17.7 Å². The first kappa shape index (κ1) is 14.0. The van der Waals surface area contributed by atoms with Crippen LogP contribution in [-0.2, 0) is 0 Å². The second-order valence-electron chi connectivity index (χ2n) is 5.58. The van der Waals surface area contributed by atoms with Gasteiger partial charge >= 0.3 is 0 Å². The normalized spacial score (nSPS) is 25.3. The molecule has 18 heavy (non-hydrogen) atoms. The highest BCUT2D eigenvalue weighted by Gasteiger charge is 2.22. The number of halogens is 2. The Hall–Kier alpha value is -0.410. The highest BCUT2D eigenvalue weighted by Crippen LogP contribution is 2.30. The third kappa shape index (κ3) is 3.55. The molecule has 0 aromatic heterocycles. The van der Waals surface area contributed by atoms with Gasteiger partial charge in [-0.2, -0.15) is 0 Å². The van der Waals surface area contributed by atoms with Crippen molar-refractivity contribution in [2.45, 2.75) is 39.2 Å². The van der Waals surface area contributed by atoms with Crippen molar-refractivity contribution in [2.75, 3.05) is 6.54 Å². The summed E-state index contributed by atoms with van der Waals surface area (Å²) in [5, 5.41) is 3.47. The maximum atomic E-state index is 13.7. The van der Waals surface area contributed by atoms with Crippen LogP contribution in [0.3, 0.4) is 0 Å². The van der Waals surface area contributed by atoms with Crippen LogP contribution in [0.5, 0.6) is 0 Å². The van der Waals surface area contributed by atoms with Crippen molar-refractivity contribution in [1.82, 2.24) is 5.32 Å². The number of hydrogen-bond donors (Lipinski definition) is 1. The molecule has 3 unspecified atom stereocenters. The van der Waals surface area contributed by atoms with E-state index < -0.39 is 0 Å². The SMILES string of the molecule is CC1CCC(CNC(C)c2cc(Br)ccc2F)C1. The zero-order chi connectivity index (χ0) is 13.1. The van der Waals surface area contributed by atoms with Gasteiger partial charge in [-0.1, -0.05) is 29.3 Å². The summed E-state index contributed by atoms with van der Waals surface area (Å²) < 4.78 is 14.7. The lowest BCUT2D eigenvalue weighted by molar-refractivity contribution is 0.432. The molecule has 1 fully saturated rings. The predicted octanol–water partition coefficient (Wildman–Crippen LogP) is 4.68. The molecule has 1 aromatic rings.